The zero-order chi connectivity index (χ0) is 25.0. The van der Waals surface area contributed by atoms with Crippen molar-refractivity contribution in [3.05, 3.63) is 76.6 Å². The molecule has 9 nitrogen and oxygen atoms in total. The van der Waals surface area contributed by atoms with Crippen LogP contribution >= 0.6 is 11.3 Å². The minimum absolute atomic E-state index is 0.0749. The second kappa shape index (κ2) is 10.2. The number of benzene rings is 1. The third kappa shape index (κ3) is 6.18. The number of halogens is 1. The maximum Gasteiger partial charge on any atom is 0.248 e. The summed E-state index contributed by atoms with van der Waals surface area (Å²) in [5.74, 6) is -0.291. The Bertz CT molecular complexity index is 1260. The minimum Gasteiger partial charge on any atom is -0.467 e. The molecule has 4 rings (SSSR count). The molecule has 0 saturated heterocycles. The molecule has 2 amide bonds. The lowest BCUT2D eigenvalue weighted by molar-refractivity contribution is -0.143. The molecule has 3 aromatic heterocycles. The summed E-state index contributed by atoms with van der Waals surface area (Å²) in [6.07, 6.45) is 1.52. The smallest absolute Gasteiger partial charge is 0.248 e. The maximum absolute atomic E-state index is 13.6. The van der Waals surface area contributed by atoms with Crippen LogP contribution in [0.2, 0.25) is 0 Å². The van der Waals surface area contributed by atoms with Crippen LogP contribution < -0.4 is 5.32 Å². The quantitative estimate of drug-likeness (QED) is 0.398. The molecule has 182 valence electrons. The number of nitrogens with one attached hydrogen (secondary N) is 1. The van der Waals surface area contributed by atoms with Crippen LogP contribution in [-0.2, 0) is 22.7 Å². The number of tetrazole rings is 1. The van der Waals surface area contributed by atoms with E-state index in [4.69, 9.17) is 4.42 Å². The number of hydrogen-bond acceptors (Lipinski definition) is 7. The van der Waals surface area contributed by atoms with Crippen LogP contribution in [0, 0.1) is 5.82 Å². The number of thiophene rings is 1. The van der Waals surface area contributed by atoms with Crippen LogP contribution in [0.25, 0.3) is 11.4 Å². The van der Waals surface area contributed by atoms with Crippen LogP contribution in [0.5, 0.6) is 0 Å². The summed E-state index contributed by atoms with van der Waals surface area (Å²) in [7, 11) is 0. The molecule has 4 aromatic rings. The Morgan fingerprint density at radius 2 is 1.94 bits per heavy atom. The minimum atomic E-state index is -0.882. The normalized spacial score (nSPS) is 12.3. The van der Waals surface area contributed by atoms with Gasteiger partial charge >= 0.3 is 0 Å². The van der Waals surface area contributed by atoms with Gasteiger partial charge in [0.15, 0.2) is 0 Å². The highest BCUT2D eigenvalue weighted by atomic mass is 32.1. The lowest BCUT2D eigenvalue weighted by atomic mass is 10.1. The van der Waals surface area contributed by atoms with Crippen LogP contribution in [0.4, 0.5) is 4.39 Å². The van der Waals surface area contributed by atoms with Crippen molar-refractivity contribution in [2.75, 3.05) is 0 Å². The van der Waals surface area contributed by atoms with Crippen molar-refractivity contribution in [3.8, 4) is 11.4 Å². The Labute approximate surface area is 205 Å². The van der Waals surface area contributed by atoms with Crippen LogP contribution in [0.1, 0.15) is 37.5 Å². The lowest BCUT2D eigenvalue weighted by Gasteiger charge is -2.32. The Hall–Kier alpha value is -3.86. The molecule has 1 atom stereocenters. The van der Waals surface area contributed by atoms with Gasteiger partial charge in [-0.2, -0.15) is 4.80 Å². The molecule has 0 aliphatic carbocycles. The summed E-state index contributed by atoms with van der Waals surface area (Å²) < 4.78 is 18.7. The third-order valence-corrected chi connectivity index (χ3v) is 5.85. The highest BCUT2D eigenvalue weighted by molar-refractivity contribution is 7.10. The Morgan fingerprint density at radius 1 is 1.17 bits per heavy atom. The van der Waals surface area contributed by atoms with E-state index < -0.39 is 17.5 Å². The molecule has 0 radical (unpaired) electrons. The Balaban J connectivity index is 1.63. The van der Waals surface area contributed by atoms with Gasteiger partial charge in [0.05, 0.1) is 12.8 Å². The fourth-order valence-corrected chi connectivity index (χ4v) is 4.27. The fourth-order valence-electron chi connectivity index (χ4n) is 3.44. The van der Waals surface area contributed by atoms with Gasteiger partial charge in [0.2, 0.25) is 17.6 Å². The zero-order valence-electron chi connectivity index (χ0n) is 19.5. The first kappa shape index (κ1) is 24.3. The van der Waals surface area contributed by atoms with E-state index in [-0.39, 0.29) is 30.6 Å². The number of amides is 2. The number of nitrogens with zero attached hydrogens (tertiary/aromatic N) is 5. The molecule has 11 heteroatoms. The number of hydrogen-bond donors (Lipinski definition) is 1. The van der Waals surface area contributed by atoms with E-state index in [1.807, 2.05) is 38.3 Å². The number of aromatic nitrogens is 4. The number of rotatable bonds is 8. The van der Waals surface area contributed by atoms with Crippen LogP contribution in [0.15, 0.2) is 64.6 Å². The predicted molar refractivity (Wildman–Crippen MR) is 127 cm³/mol. The highest BCUT2D eigenvalue weighted by Crippen LogP contribution is 2.28. The predicted octanol–water partition coefficient (Wildman–Crippen LogP) is 3.82. The molecular weight excluding hydrogens is 471 g/mol. The standard InChI is InChI=1S/C24H25FN6O3S/c1-24(2,3)26-23(33)21(19-7-5-13-35-19)30(14-18-6-4-12-34-18)20(32)15-31-28-22(27-29-31)16-8-10-17(25)11-9-16/h4-13,21H,14-15H2,1-3H3,(H,26,33). The van der Waals surface area contributed by atoms with E-state index in [0.29, 0.717) is 16.2 Å². The van der Waals surface area contributed by atoms with Crippen molar-refractivity contribution < 1.29 is 18.4 Å². The van der Waals surface area contributed by atoms with Gasteiger partial charge in [-0.05, 0) is 73.8 Å². The monoisotopic (exact) mass is 496 g/mol. The van der Waals surface area contributed by atoms with Crippen molar-refractivity contribution >= 4 is 23.2 Å². The number of carbonyl (C=O) groups is 2. The first-order valence-electron chi connectivity index (χ1n) is 10.9. The van der Waals surface area contributed by atoms with Gasteiger partial charge < -0.3 is 14.6 Å². The van der Waals surface area contributed by atoms with Crippen molar-refractivity contribution in [1.29, 1.82) is 0 Å². The topological polar surface area (TPSA) is 106 Å². The SMILES string of the molecule is CC(C)(C)NC(=O)C(c1cccs1)N(Cc1ccco1)C(=O)Cn1nnc(-c2ccc(F)cc2)n1. The van der Waals surface area contributed by atoms with E-state index in [1.54, 1.807) is 12.1 Å². The summed E-state index contributed by atoms with van der Waals surface area (Å²) in [5.41, 5.74) is 0.0716. The van der Waals surface area contributed by atoms with Crippen molar-refractivity contribution in [2.45, 2.75) is 45.4 Å². The van der Waals surface area contributed by atoms with Crippen molar-refractivity contribution in [2.24, 2.45) is 0 Å². The molecule has 0 fully saturated rings. The molecular formula is C24H25FN6O3S. The van der Waals surface area contributed by atoms with E-state index >= 15 is 0 Å². The Morgan fingerprint density at radius 3 is 2.57 bits per heavy atom. The molecule has 3 heterocycles. The number of carbonyl (C=O) groups excluding carboxylic acids is 2. The van der Waals surface area contributed by atoms with E-state index in [1.165, 1.54) is 46.8 Å². The molecule has 1 N–H and O–H groups in total. The first-order valence-corrected chi connectivity index (χ1v) is 11.8. The van der Waals surface area contributed by atoms with Gasteiger partial charge in [0.25, 0.3) is 0 Å². The summed E-state index contributed by atoms with van der Waals surface area (Å²) >= 11 is 1.39. The lowest BCUT2D eigenvalue weighted by Crippen LogP contribution is -2.49. The van der Waals surface area contributed by atoms with Gasteiger partial charge in [-0.1, -0.05) is 6.07 Å². The Kier molecular flexibility index (Phi) is 7.06. The van der Waals surface area contributed by atoms with Gasteiger partial charge in [0, 0.05) is 16.0 Å². The van der Waals surface area contributed by atoms with E-state index in [0.717, 1.165) is 4.80 Å². The molecule has 0 bridgehead atoms. The van der Waals surface area contributed by atoms with Crippen molar-refractivity contribution in [3.63, 3.8) is 0 Å². The van der Waals surface area contributed by atoms with Crippen LogP contribution in [0.3, 0.4) is 0 Å². The first-order chi connectivity index (χ1) is 16.7. The molecule has 0 aliphatic rings. The van der Waals surface area contributed by atoms with Gasteiger partial charge in [-0.15, -0.1) is 21.5 Å². The second-order valence-corrected chi connectivity index (χ2v) is 9.89. The molecule has 1 unspecified atom stereocenters. The second-order valence-electron chi connectivity index (χ2n) is 8.91. The molecule has 1 aromatic carbocycles. The molecule has 35 heavy (non-hydrogen) atoms. The van der Waals surface area contributed by atoms with Crippen molar-refractivity contribution in [1.82, 2.24) is 30.4 Å². The highest BCUT2D eigenvalue weighted by Gasteiger charge is 2.35. The van der Waals surface area contributed by atoms with Gasteiger partial charge in [0.1, 0.15) is 24.2 Å². The maximum atomic E-state index is 13.6. The van der Waals surface area contributed by atoms with Gasteiger partial charge in [-0.25, -0.2) is 4.39 Å². The van der Waals surface area contributed by atoms with Crippen LogP contribution in [-0.4, -0.2) is 42.5 Å². The molecule has 0 aliphatic heterocycles. The average molecular weight is 497 g/mol. The molecule has 0 saturated carbocycles. The molecule has 0 spiro atoms. The largest absolute Gasteiger partial charge is 0.467 e. The summed E-state index contributed by atoms with van der Waals surface area (Å²) in [5, 5.41) is 17.0. The van der Waals surface area contributed by atoms with Gasteiger partial charge in [-0.3, -0.25) is 9.59 Å². The summed E-state index contributed by atoms with van der Waals surface area (Å²) in [6, 6.07) is 11.9. The zero-order valence-corrected chi connectivity index (χ0v) is 20.3. The number of furan rings is 1. The summed E-state index contributed by atoms with van der Waals surface area (Å²) in [4.78, 5) is 30.3. The van der Waals surface area contributed by atoms with E-state index in [2.05, 4.69) is 20.7 Å². The third-order valence-electron chi connectivity index (χ3n) is 4.93. The fraction of sp³-hybridized carbons (Fsp3) is 0.292. The summed E-state index contributed by atoms with van der Waals surface area (Å²) in [6.45, 7) is 5.47. The average Bonchev–Trinajstić information content (AvgIpc) is 3.56. The van der Waals surface area contributed by atoms with E-state index in [9.17, 15) is 14.0 Å².